The summed E-state index contributed by atoms with van der Waals surface area (Å²) >= 11 is 0. The van der Waals surface area contributed by atoms with Crippen LogP contribution in [0.5, 0.6) is 0 Å². The van der Waals surface area contributed by atoms with Gasteiger partial charge in [0.15, 0.2) is 0 Å². The molecule has 1 fully saturated rings. The SMILES string of the molecule is Cc1ccc(C(=O)NC2COC2)c(C)c1Cc1cc2c(C)cc(C#N)cc2n1C. The molecule has 0 saturated carbocycles. The molecule has 1 saturated heterocycles. The van der Waals surface area contributed by atoms with Crippen LogP contribution in [0, 0.1) is 32.1 Å². The molecule has 148 valence electrons. The maximum atomic E-state index is 12.7. The summed E-state index contributed by atoms with van der Waals surface area (Å²) in [4.78, 5) is 12.7. The molecule has 29 heavy (non-hydrogen) atoms. The molecule has 1 N–H and O–H groups in total. The molecule has 5 heteroatoms. The predicted molar refractivity (Wildman–Crippen MR) is 113 cm³/mol. The number of carbonyl (C=O) groups excluding carboxylic acids is 1. The third-order valence-corrected chi connectivity index (χ3v) is 6.01. The average Bonchev–Trinajstić information content (AvgIpc) is 2.98. The van der Waals surface area contributed by atoms with E-state index in [0.29, 0.717) is 18.8 Å². The van der Waals surface area contributed by atoms with Crippen LogP contribution in [0.1, 0.15) is 43.9 Å². The Balaban J connectivity index is 1.71. The van der Waals surface area contributed by atoms with Crippen LogP contribution in [-0.2, 0) is 18.2 Å². The second-order valence-electron chi connectivity index (χ2n) is 7.95. The second kappa shape index (κ2) is 7.38. The standard InChI is InChI=1S/C24H25N3O2/c1-14-5-6-20(24(28)26-18-12-29-13-18)16(3)21(14)9-19-10-22-15(2)7-17(11-25)8-23(22)27(19)4/h5-8,10,18H,9,12-13H2,1-4H3,(H,26,28). The van der Waals surface area contributed by atoms with Gasteiger partial charge in [-0.05, 0) is 67.3 Å². The number of aryl methyl sites for hydroxylation is 3. The maximum Gasteiger partial charge on any atom is 0.251 e. The van der Waals surface area contributed by atoms with Gasteiger partial charge in [0.05, 0.1) is 30.9 Å². The first-order valence-corrected chi connectivity index (χ1v) is 9.85. The molecule has 0 atom stereocenters. The lowest BCUT2D eigenvalue weighted by atomic mass is 9.93. The van der Waals surface area contributed by atoms with Gasteiger partial charge in [0.2, 0.25) is 0 Å². The lowest BCUT2D eigenvalue weighted by molar-refractivity contribution is -0.00347. The first kappa shape index (κ1) is 19.2. The van der Waals surface area contributed by atoms with E-state index in [4.69, 9.17) is 4.74 Å². The Morgan fingerprint density at radius 1 is 1.21 bits per heavy atom. The molecule has 1 aliphatic rings. The first-order valence-electron chi connectivity index (χ1n) is 9.85. The molecular weight excluding hydrogens is 362 g/mol. The molecule has 1 aromatic heterocycles. The largest absolute Gasteiger partial charge is 0.377 e. The van der Waals surface area contributed by atoms with Gasteiger partial charge in [-0.3, -0.25) is 4.79 Å². The number of amides is 1. The van der Waals surface area contributed by atoms with Crippen molar-refractivity contribution in [2.45, 2.75) is 33.2 Å². The van der Waals surface area contributed by atoms with Crippen LogP contribution in [0.2, 0.25) is 0 Å². The van der Waals surface area contributed by atoms with Crippen LogP contribution in [0.25, 0.3) is 10.9 Å². The van der Waals surface area contributed by atoms with Crippen molar-refractivity contribution in [3.8, 4) is 6.07 Å². The van der Waals surface area contributed by atoms with E-state index < -0.39 is 0 Å². The zero-order valence-corrected chi connectivity index (χ0v) is 17.3. The van der Waals surface area contributed by atoms with Crippen LogP contribution in [0.3, 0.4) is 0 Å². The minimum Gasteiger partial charge on any atom is -0.377 e. The van der Waals surface area contributed by atoms with Crippen LogP contribution >= 0.6 is 0 Å². The highest BCUT2D eigenvalue weighted by atomic mass is 16.5. The summed E-state index contributed by atoms with van der Waals surface area (Å²) in [6.45, 7) is 7.33. The molecular formula is C24H25N3O2. The fourth-order valence-corrected chi connectivity index (χ4v) is 4.07. The second-order valence-corrected chi connectivity index (χ2v) is 7.95. The monoisotopic (exact) mass is 387 g/mol. The average molecular weight is 387 g/mol. The molecule has 0 bridgehead atoms. The predicted octanol–water partition coefficient (Wildman–Crippen LogP) is 3.69. The van der Waals surface area contributed by atoms with Gasteiger partial charge >= 0.3 is 0 Å². The number of fused-ring (bicyclic) bond motifs is 1. The summed E-state index contributed by atoms with van der Waals surface area (Å²) in [5, 5.41) is 13.5. The van der Waals surface area contributed by atoms with Gasteiger partial charge in [0.25, 0.3) is 5.91 Å². The molecule has 2 heterocycles. The number of ether oxygens (including phenoxy) is 1. The number of hydrogen-bond donors (Lipinski definition) is 1. The van der Waals surface area contributed by atoms with E-state index in [-0.39, 0.29) is 11.9 Å². The van der Waals surface area contributed by atoms with Crippen molar-refractivity contribution in [3.63, 3.8) is 0 Å². The normalized spacial score (nSPS) is 13.9. The summed E-state index contributed by atoms with van der Waals surface area (Å²) < 4.78 is 7.31. The smallest absolute Gasteiger partial charge is 0.251 e. The molecule has 5 nitrogen and oxygen atoms in total. The number of hydrogen-bond acceptors (Lipinski definition) is 3. The van der Waals surface area contributed by atoms with Crippen molar-refractivity contribution in [2.75, 3.05) is 13.2 Å². The van der Waals surface area contributed by atoms with E-state index in [1.165, 1.54) is 11.1 Å². The molecule has 0 spiro atoms. The van der Waals surface area contributed by atoms with Crippen LogP contribution in [0.15, 0.2) is 30.3 Å². The number of carbonyl (C=O) groups is 1. The van der Waals surface area contributed by atoms with Crippen molar-refractivity contribution in [2.24, 2.45) is 7.05 Å². The highest BCUT2D eigenvalue weighted by molar-refractivity contribution is 5.96. The third-order valence-electron chi connectivity index (χ3n) is 6.01. The van der Waals surface area contributed by atoms with Gasteiger partial charge in [-0.25, -0.2) is 0 Å². The molecule has 0 aliphatic carbocycles. The van der Waals surface area contributed by atoms with Crippen molar-refractivity contribution in [3.05, 3.63) is 69.4 Å². The minimum atomic E-state index is -0.0383. The Bertz CT molecular complexity index is 1160. The zero-order valence-electron chi connectivity index (χ0n) is 17.3. The Morgan fingerprint density at radius 2 is 1.97 bits per heavy atom. The van der Waals surface area contributed by atoms with E-state index in [9.17, 15) is 10.1 Å². The van der Waals surface area contributed by atoms with Gasteiger partial charge in [0.1, 0.15) is 0 Å². The molecule has 4 rings (SSSR count). The van der Waals surface area contributed by atoms with Crippen molar-refractivity contribution in [1.29, 1.82) is 5.26 Å². The van der Waals surface area contributed by atoms with Crippen LogP contribution < -0.4 is 5.32 Å². The van der Waals surface area contributed by atoms with Crippen molar-refractivity contribution in [1.82, 2.24) is 9.88 Å². The van der Waals surface area contributed by atoms with Crippen LogP contribution in [-0.4, -0.2) is 29.7 Å². The number of nitriles is 1. The summed E-state index contributed by atoms with van der Waals surface area (Å²) in [5.41, 5.74) is 8.08. The molecule has 0 unspecified atom stereocenters. The number of rotatable bonds is 4. The number of nitrogens with one attached hydrogen (secondary N) is 1. The molecule has 1 amide bonds. The highest BCUT2D eigenvalue weighted by Gasteiger charge is 2.23. The number of aromatic nitrogens is 1. The van der Waals surface area contributed by atoms with Crippen molar-refractivity contribution >= 4 is 16.8 Å². The Morgan fingerprint density at radius 3 is 2.62 bits per heavy atom. The molecule has 3 aromatic rings. The van der Waals surface area contributed by atoms with Crippen molar-refractivity contribution < 1.29 is 9.53 Å². The first-order chi connectivity index (χ1) is 13.9. The number of benzene rings is 2. The van der Waals surface area contributed by atoms with E-state index in [2.05, 4.69) is 28.9 Å². The van der Waals surface area contributed by atoms with E-state index >= 15 is 0 Å². The lowest BCUT2D eigenvalue weighted by Crippen LogP contribution is -2.48. The summed E-state index contributed by atoms with van der Waals surface area (Å²) in [5.74, 6) is -0.0383. The summed E-state index contributed by atoms with van der Waals surface area (Å²) in [6, 6.07) is 12.4. The van der Waals surface area contributed by atoms with Crippen LogP contribution in [0.4, 0.5) is 0 Å². The maximum absolute atomic E-state index is 12.7. The fourth-order valence-electron chi connectivity index (χ4n) is 4.07. The lowest BCUT2D eigenvalue weighted by Gasteiger charge is -2.27. The fraction of sp³-hybridized carbons (Fsp3) is 0.333. The van der Waals surface area contributed by atoms with Gasteiger partial charge in [0, 0.05) is 35.6 Å². The van der Waals surface area contributed by atoms with E-state index in [1.54, 1.807) is 0 Å². The summed E-state index contributed by atoms with van der Waals surface area (Å²) in [6.07, 6.45) is 0.734. The van der Waals surface area contributed by atoms with E-state index in [0.717, 1.165) is 39.7 Å². The van der Waals surface area contributed by atoms with E-state index in [1.807, 2.05) is 45.2 Å². The number of nitrogens with zero attached hydrogens (tertiary/aromatic N) is 2. The van der Waals surface area contributed by atoms with Gasteiger partial charge in [-0.15, -0.1) is 0 Å². The van der Waals surface area contributed by atoms with Gasteiger partial charge in [-0.1, -0.05) is 6.07 Å². The Hall–Kier alpha value is -3.10. The quantitative estimate of drug-likeness (QED) is 0.742. The molecule has 2 aromatic carbocycles. The Kier molecular flexibility index (Phi) is 4.89. The topological polar surface area (TPSA) is 67.0 Å². The summed E-state index contributed by atoms with van der Waals surface area (Å²) in [7, 11) is 2.04. The molecule has 1 aliphatic heterocycles. The highest BCUT2D eigenvalue weighted by Crippen LogP contribution is 2.28. The van der Waals surface area contributed by atoms with Gasteiger partial charge in [-0.2, -0.15) is 5.26 Å². The molecule has 0 radical (unpaired) electrons. The third kappa shape index (κ3) is 3.41. The minimum absolute atomic E-state index is 0.0383. The Labute approximate surface area is 170 Å². The van der Waals surface area contributed by atoms with Gasteiger partial charge < -0.3 is 14.6 Å². The zero-order chi connectivity index (χ0) is 20.7.